The van der Waals surface area contributed by atoms with Crippen molar-refractivity contribution in [2.24, 2.45) is 0 Å². The molecule has 0 bridgehead atoms. The van der Waals surface area contributed by atoms with Gasteiger partial charge in [-0.05, 0) is 36.8 Å². The van der Waals surface area contributed by atoms with Gasteiger partial charge in [0.05, 0.1) is 0 Å². The second kappa shape index (κ2) is 5.83. The van der Waals surface area contributed by atoms with Crippen LogP contribution in [0.2, 0.25) is 0 Å². The minimum atomic E-state index is 0.0736. The fraction of sp³-hybridized carbons (Fsp3) is 0.167. The Hall–Kier alpha value is -2.55. The Balaban J connectivity index is 1.84. The molecule has 21 heavy (non-hydrogen) atoms. The molecule has 1 heterocycles. The maximum atomic E-state index is 12.7. The van der Waals surface area contributed by atoms with E-state index in [0.29, 0.717) is 13.1 Å². The summed E-state index contributed by atoms with van der Waals surface area (Å²) in [6, 6.07) is 17.9. The van der Waals surface area contributed by atoms with E-state index in [2.05, 4.69) is 4.98 Å². The first-order chi connectivity index (χ1) is 10.3. The Morgan fingerprint density at radius 1 is 1.10 bits per heavy atom. The molecule has 0 atom stereocenters. The highest BCUT2D eigenvalue weighted by Gasteiger charge is 2.15. The third-order valence-corrected chi connectivity index (χ3v) is 3.69. The summed E-state index contributed by atoms with van der Waals surface area (Å²) in [4.78, 5) is 17.7. The summed E-state index contributed by atoms with van der Waals surface area (Å²) in [5, 5.41) is 1.07. The molecule has 3 aromatic rings. The number of hydrogen-bond donors (Lipinski definition) is 1. The van der Waals surface area contributed by atoms with Gasteiger partial charge in [0.1, 0.15) is 0 Å². The van der Waals surface area contributed by atoms with E-state index in [4.69, 9.17) is 0 Å². The zero-order chi connectivity index (χ0) is 14.7. The van der Waals surface area contributed by atoms with Gasteiger partial charge in [-0.25, -0.2) is 0 Å². The summed E-state index contributed by atoms with van der Waals surface area (Å²) in [6.45, 7) is 3.34. The Bertz CT molecular complexity index is 746. The molecule has 0 aliphatic rings. The molecule has 2 aromatic carbocycles. The van der Waals surface area contributed by atoms with Crippen molar-refractivity contribution < 1.29 is 4.79 Å². The Kier molecular flexibility index (Phi) is 3.73. The van der Waals surface area contributed by atoms with Crippen molar-refractivity contribution in [3.63, 3.8) is 0 Å². The average Bonchev–Trinajstić information content (AvgIpc) is 3.00. The van der Waals surface area contributed by atoms with Gasteiger partial charge in [0.25, 0.3) is 5.91 Å². The third-order valence-electron chi connectivity index (χ3n) is 3.69. The Morgan fingerprint density at radius 2 is 1.90 bits per heavy atom. The largest absolute Gasteiger partial charge is 0.361 e. The van der Waals surface area contributed by atoms with Crippen molar-refractivity contribution in [1.29, 1.82) is 0 Å². The zero-order valence-electron chi connectivity index (χ0n) is 12.0. The maximum Gasteiger partial charge on any atom is 0.254 e. The van der Waals surface area contributed by atoms with E-state index in [9.17, 15) is 4.79 Å². The molecule has 1 N–H and O–H groups in total. The van der Waals surface area contributed by atoms with E-state index in [-0.39, 0.29) is 5.91 Å². The van der Waals surface area contributed by atoms with Crippen molar-refractivity contribution in [2.45, 2.75) is 13.5 Å². The van der Waals surface area contributed by atoms with E-state index >= 15 is 0 Å². The van der Waals surface area contributed by atoms with Crippen LogP contribution in [0.1, 0.15) is 22.8 Å². The number of aromatic amines is 1. The molecule has 0 spiro atoms. The summed E-state index contributed by atoms with van der Waals surface area (Å²) in [5.41, 5.74) is 2.94. The lowest BCUT2D eigenvalue weighted by molar-refractivity contribution is 0.0753. The van der Waals surface area contributed by atoms with Crippen LogP contribution in [-0.4, -0.2) is 22.3 Å². The van der Waals surface area contributed by atoms with Crippen molar-refractivity contribution in [3.8, 4) is 0 Å². The summed E-state index contributed by atoms with van der Waals surface area (Å²) in [5.74, 6) is 0.0736. The number of carbonyl (C=O) groups is 1. The second-order valence-electron chi connectivity index (χ2n) is 5.08. The smallest absolute Gasteiger partial charge is 0.254 e. The van der Waals surface area contributed by atoms with Crippen LogP contribution in [0.3, 0.4) is 0 Å². The topological polar surface area (TPSA) is 36.1 Å². The molecular weight excluding hydrogens is 260 g/mol. The normalized spacial score (nSPS) is 10.7. The molecule has 3 nitrogen and oxygen atoms in total. The van der Waals surface area contributed by atoms with Gasteiger partial charge < -0.3 is 9.88 Å². The number of nitrogens with one attached hydrogen (secondary N) is 1. The van der Waals surface area contributed by atoms with Crippen molar-refractivity contribution in [3.05, 3.63) is 71.9 Å². The lowest BCUT2D eigenvalue weighted by atomic mass is 10.1. The van der Waals surface area contributed by atoms with Crippen LogP contribution in [0, 0.1) is 0 Å². The number of H-pyrrole nitrogens is 1. The second-order valence-corrected chi connectivity index (χ2v) is 5.08. The van der Waals surface area contributed by atoms with Crippen molar-refractivity contribution >= 4 is 16.8 Å². The van der Waals surface area contributed by atoms with Crippen molar-refractivity contribution in [1.82, 2.24) is 9.88 Å². The van der Waals surface area contributed by atoms with E-state index in [0.717, 1.165) is 22.0 Å². The standard InChI is InChI=1S/C18H18N2O/c1-2-20(13-14-6-4-3-5-7-14)18(21)16-8-9-17-15(12-16)10-11-19-17/h3-12,19H,2,13H2,1H3. The van der Waals surface area contributed by atoms with E-state index < -0.39 is 0 Å². The van der Waals surface area contributed by atoms with Crippen LogP contribution < -0.4 is 0 Å². The molecule has 0 aliphatic heterocycles. The molecule has 1 aromatic heterocycles. The van der Waals surface area contributed by atoms with E-state index in [1.54, 1.807) is 0 Å². The van der Waals surface area contributed by atoms with Gasteiger partial charge in [-0.3, -0.25) is 4.79 Å². The lowest BCUT2D eigenvalue weighted by Gasteiger charge is -2.21. The molecule has 0 unspecified atom stereocenters. The highest BCUT2D eigenvalue weighted by atomic mass is 16.2. The molecule has 3 heteroatoms. The highest BCUT2D eigenvalue weighted by Crippen LogP contribution is 2.16. The molecule has 0 aliphatic carbocycles. The number of benzene rings is 2. The number of hydrogen-bond acceptors (Lipinski definition) is 1. The Labute approximate surface area is 124 Å². The number of amides is 1. The number of carbonyl (C=O) groups excluding carboxylic acids is 1. The van der Waals surface area contributed by atoms with Crippen LogP contribution in [0.5, 0.6) is 0 Å². The van der Waals surface area contributed by atoms with Gasteiger partial charge in [-0.1, -0.05) is 30.3 Å². The third kappa shape index (κ3) is 2.82. The van der Waals surface area contributed by atoms with Crippen LogP contribution in [-0.2, 0) is 6.54 Å². The maximum absolute atomic E-state index is 12.7. The van der Waals surface area contributed by atoms with Crippen LogP contribution in [0.15, 0.2) is 60.8 Å². The van der Waals surface area contributed by atoms with Gasteiger partial charge >= 0.3 is 0 Å². The number of rotatable bonds is 4. The fourth-order valence-corrected chi connectivity index (χ4v) is 2.50. The van der Waals surface area contributed by atoms with Crippen LogP contribution >= 0.6 is 0 Å². The SMILES string of the molecule is CCN(Cc1ccccc1)C(=O)c1ccc2[nH]ccc2c1. The molecule has 0 radical (unpaired) electrons. The van der Waals surface area contributed by atoms with Crippen LogP contribution in [0.25, 0.3) is 10.9 Å². The predicted octanol–water partition coefficient (Wildman–Crippen LogP) is 3.83. The molecule has 0 fully saturated rings. The first kappa shape index (κ1) is 13.4. The van der Waals surface area contributed by atoms with Gasteiger partial charge in [0.15, 0.2) is 0 Å². The molecule has 3 rings (SSSR count). The molecule has 1 amide bonds. The zero-order valence-corrected chi connectivity index (χ0v) is 12.0. The van der Waals surface area contributed by atoms with Gasteiger partial charge in [0.2, 0.25) is 0 Å². The molecule has 0 saturated heterocycles. The van der Waals surface area contributed by atoms with E-state index in [1.165, 1.54) is 0 Å². The van der Waals surface area contributed by atoms with Gasteiger partial charge in [-0.2, -0.15) is 0 Å². The fourth-order valence-electron chi connectivity index (χ4n) is 2.50. The highest BCUT2D eigenvalue weighted by molar-refractivity contribution is 5.98. The first-order valence-electron chi connectivity index (χ1n) is 7.18. The van der Waals surface area contributed by atoms with Crippen molar-refractivity contribution in [2.75, 3.05) is 6.54 Å². The van der Waals surface area contributed by atoms with E-state index in [1.807, 2.05) is 72.6 Å². The van der Waals surface area contributed by atoms with Gasteiger partial charge in [0, 0.05) is 35.8 Å². The minimum absolute atomic E-state index is 0.0736. The summed E-state index contributed by atoms with van der Waals surface area (Å²) < 4.78 is 0. The summed E-state index contributed by atoms with van der Waals surface area (Å²) in [6.07, 6.45) is 1.89. The monoisotopic (exact) mass is 278 g/mol. The molecular formula is C18H18N2O. The minimum Gasteiger partial charge on any atom is -0.361 e. The van der Waals surface area contributed by atoms with Crippen LogP contribution in [0.4, 0.5) is 0 Å². The summed E-state index contributed by atoms with van der Waals surface area (Å²) >= 11 is 0. The number of nitrogens with zero attached hydrogens (tertiary/aromatic N) is 1. The number of fused-ring (bicyclic) bond motifs is 1. The lowest BCUT2D eigenvalue weighted by Crippen LogP contribution is -2.30. The van der Waals surface area contributed by atoms with Gasteiger partial charge in [-0.15, -0.1) is 0 Å². The number of aromatic nitrogens is 1. The molecule has 106 valence electrons. The Morgan fingerprint density at radius 3 is 2.67 bits per heavy atom. The quantitative estimate of drug-likeness (QED) is 0.773. The average molecular weight is 278 g/mol. The molecule has 0 saturated carbocycles. The summed E-state index contributed by atoms with van der Waals surface area (Å²) in [7, 11) is 0. The predicted molar refractivity (Wildman–Crippen MR) is 85.2 cm³/mol. The first-order valence-corrected chi connectivity index (χ1v) is 7.18.